The van der Waals surface area contributed by atoms with Crippen LogP contribution in [0.25, 0.3) is 10.1 Å². The number of aromatic nitrogens is 1. The zero-order valence-corrected chi connectivity index (χ0v) is 14.0. The molecule has 0 aromatic carbocycles. The summed E-state index contributed by atoms with van der Waals surface area (Å²) in [6.45, 7) is 0. The summed E-state index contributed by atoms with van der Waals surface area (Å²) in [6, 6.07) is 1.79. The van der Waals surface area contributed by atoms with Crippen LogP contribution < -0.4 is 5.56 Å². The maximum absolute atomic E-state index is 13.2. The molecule has 4 rings (SSSR count). The number of pyridine rings is 1. The van der Waals surface area contributed by atoms with Crippen molar-refractivity contribution in [1.82, 2.24) is 4.57 Å². The lowest BCUT2D eigenvalue weighted by molar-refractivity contribution is 0.0679. The number of thiophene rings is 1. The van der Waals surface area contributed by atoms with Crippen LogP contribution in [0, 0.1) is 0 Å². The average molecular weight is 331 g/mol. The van der Waals surface area contributed by atoms with Gasteiger partial charge in [0.05, 0.1) is 5.39 Å². The Morgan fingerprint density at radius 3 is 2.61 bits per heavy atom. The number of carbonyl (C=O) groups is 1. The molecule has 23 heavy (non-hydrogen) atoms. The molecule has 2 aromatic rings. The van der Waals surface area contributed by atoms with E-state index >= 15 is 0 Å². The molecular weight excluding hydrogens is 310 g/mol. The first-order valence-corrected chi connectivity index (χ1v) is 9.41. The van der Waals surface area contributed by atoms with Crippen LogP contribution in [0.4, 0.5) is 0 Å². The Hall–Kier alpha value is -1.62. The lowest BCUT2D eigenvalue weighted by Gasteiger charge is -2.25. The minimum atomic E-state index is -0.985. The van der Waals surface area contributed by atoms with Crippen molar-refractivity contribution >= 4 is 27.4 Å². The van der Waals surface area contributed by atoms with Crippen molar-refractivity contribution in [3.8, 4) is 0 Å². The van der Waals surface area contributed by atoms with E-state index in [0.29, 0.717) is 0 Å². The first-order chi connectivity index (χ1) is 11.2. The second-order valence-corrected chi connectivity index (χ2v) is 7.89. The normalized spacial score (nSPS) is 19.0. The number of carboxylic acids is 1. The molecule has 0 amide bonds. The number of aromatic carboxylic acids is 1. The maximum atomic E-state index is 13.2. The molecule has 1 N–H and O–H groups in total. The van der Waals surface area contributed by atoms with Crippen LogP contribution in [0.3, 0.4) is 0 Å². The van der Waals surface area contributed by atoms with Gasteiger partial charge in [0.25, 0.3) is 5.56 Å². The fourth-order valence-corrected chi connectivity index (χ4v) is 5.54. The third-order valence-electron chi connectivity index (χ3n) is 5.32. The summed E-state index contributed by atoms with van der Waals surface area (Å²) >= 11 is 1.62. The van der Waals surface area contributed by atoms with Gasteiger partial charge in [-0.05, 0) is 50.2 Å². The van der Waals surface area contributed by atoms with E-state index in [2.05, 4.69) is 0 Å². The van der Waals surface area contributed by atoms with Gasteiger partial charge in [-0.15, -0.1) is 11.3 Å². The van der Waals surface area contributed by atoms with Crippen LogP contribution in [-0.4, -0.2) is 15.6 Å². The zero-order valence-electron chi connectivity index (χ0n) is 13.1. The minimum absolute atomic E-state index is 0.0471. The van der Waals surface area contributed by atoms with Gasteiger partial charge < -0.3 is 5.11 Å². The molecular formula is C18H21NO3S. The molecule has 1 saturated carbocycles. The monoisotopic (exact) mass is 331 g/mol. The van der Waals surface area contributed by atoms with E-state index in [4.69, 9.17) is 0 Å². The molecule has 122 valence electrons. The van der Waals surface area contributed by atoms with E-state index in [1.54, 1.807) is 22.0 Å². The molecule has 0 saturated heterocycles. The predicted octanol–water partition coefficient (Wildman–Crippen LogP) is 4.15. The Bertz CT molecular complexity index is 827. The first-order valence-electron chi connectivity index (χ1n) is 8.60. The van der Waals surface area contributed by atoms with Crippen molar-refractivity contribution in [3.63, 3.8) is 0 Å². The van der Waals surface area contributed by atoms with Crippen molar-refractivity contribution in [3.05, 3.63) is 32.6 Å². The van der Waals surface area contributed by atoms with Crippen LogP contribution >= 0.6 is 11.3 Å². The summed E-state index contributed by atoms with van der Waals surface area (Å²) in [5, 5.41) is 10.4. The van der Waals surface area contributed by atoms with Gasteiger partial charge >= 0.3 is 5.97 Å². The molecule has 2 heterocycles. The van der Waals surface area contributed by atoms with E-state index in [-0.39, 0.29) is 17.3 Å². The Kier molecular flexibility index (Phi) is 3.76. The Morgan fingerprint density at radius 2 is 1.87 bits per heavy atom. The smallest absolute Gasteiger partial charge is 0.352 e. The van der Waals surface area contributed by atoms with Crippen LogP contribution in [0.1, 0.15) is 71.9 Å². The molecule has 1 fully saturated rings. The van der Waals surface area contributed by atoms with Gasteiger partial charge in [0.1, 0.15) is 5.69 Å². The molecule has 5 heteroatoms. The SMILES string of the molecule is O=C(O)c1cc2sc3c(c2c(=O)n1C1CCCCC1)CCCC3. The number of aryl methyl sites for hydroxylation is 2. The van der Waals surface area contributed by atoms with Gasteiger partial charge in [0.15, 0.2) is 0 Å². The number of hydrogen-bond acceptors (Lipinski definition) is 3. The van der Waals surface area contributed by atoms with E-state index in [1.807, 2.05) is 0 Å². The second kappa shape index (κ2) is 5.78. The predicted molar refractivity (Wildman–Crippen MR) is 91.8 cm³/mol. The third-order valence-corrected chi connectivity index (χ3v) is 6.56. The van der Waals surface area contributed by atoms with Crippen LogP contribution in [0.15, 0.2) is 10.9 Å². The van der Waals surface area contributed by atoms with Gasteiger partial charge in [0, 0.05) is 15.6 Å². The summed E-state index contributed by atoms with van der Waals surface area (Å²) in [5.74, 6) is -0.985. The highest BCUT2D eigenvalue weighted by Gasteiger charge is 2.26. The second-order valence-electron chi connectivity index (χ2n) is 6.75. The first kappa shape index (κ1) is 14.9. The van der Waals surface area contributed by atoms with Crippen LogP contribution in [0.2, 0.25) is 0 Å². The number of fused-ring (bicyclic) bond motifs is 3. The number of nitrogens with zero attached hydrogens (tertiary/aromatic N) is 1. The highest BCUT2D eigenvalue weighted by atomic mass is 32.1. The summed E-state index contributed by atoms with van der Waals surface area (Å²) in [5.41, 5.74) is 1.31. The number of hydrogen-bond donors (Lipinski definition) is 1. The van der Waals surface area contributed by atoms with E-state index in [0.717, 1.165) is 55.0 Å². The molecule has 4 nitrogen and oxygen atoms in total. The molecule has 0 bridgehead atoms. The van der Waals surface area contributed by atoms with Crippen LogP contribution in [-0.2, 0) is 12.8 Å². The van der Waals surface area contributed by atoms with Crippen molar-refractivity contribution in [2.75, 3.05) is 0 Å². The quantitative estimate of drug-likeness (QED) is 0.899. The van der Waals surface area contributed by atoms with Crippen molar-refractivity contribution in [2.45, 2.75) is 63.8 Å². The molecule has 0 atom stereocenters. The molecule has 0 unspecified atom stereocenters. The third kappa shape index (κ3) is 2.42. The van der Waals surface area contributed by atoms with Gasteiger partial charge in [-0.1, -0.05) is 19.3 Å². The number of carboxylic acid groups (broad SMARTS) is 1. The molecule has 2 aromatic heterocycles. The maximum Gasteiger partial charge on any atom is 0.352 e. The zero-order chi connectivity index (χ0) is 16.0. The molecule has 0 spiro atoms. The largest absolute Gasteiger partial charge is 0.477 e. The van der Waals surface area contributed by atoms with E-state index < -0.39 is 5.97 Å². The summed E-state index contributed by atoms with van der Waals surface area (Å²) in [4.78, 5) is 26.2. The fraction of sp³-hybridized carbons (Fsp3) is 0.556. The van der Waals surface area contributed by atoms with Gasteiger partial charge in [-0.25, -0.2) is 4.79 Å². The average Bonchev–Trinajstić information content (AvgIpc) is 2.94. The Balaban J connectivity index is 1.98. The topological polar surface area (TPSA) is 59.3 Å². The van der Waals surface area contributed by atoms with Crippen molar-refractivity contribution in [1.29, 1.82) is 0 Å². The van der Waals surface area contributed by atoms with E-state index in [9.17, 15) is 14.7 Å². The van der Waals surface area contributed by atoms with E-state index in [1.165, 1.54) is 23.3 Å². The molecule has 2 aliphatic carbocycles. The fourth-order valence-electron chi connectivity index (χ4n) is 4.21. The molecule has 0 radical (unpaired) electrons. The summed E-state index contributed by atoms with van der Waals surface area (Å²) < 4.78 is 2.47. The Morgan fingerprint density at radius 1 is 1.13 bits per heavy atom. The lowest BCUT2D eigenvalue weighted by atomic mass is 9.93. The number of rotatable bonds is 2. The van der Waals surface area contributed by atoms with Gasteiger partial charge in [-0.3, -0.25) is 9.36 Å². The highest BCUT2D eigenvalue weighted by molar-refractivity contribution is 7.19. The Labute approximate surface area is 138 Å². The van der Waals surface area contributed by atoms with Crippen molar-refractivity contribution in [2.24, 2.45) is 0 Å². The van der Waals surface area contributed by atoms with Crippen LogP contribution in [0.5, 0.6) is 0 Å². The van der Waals surface area contributed by atoms with Crippen molar-refractivity contribution < 1.29 is 9.90 Å². The van der Waals surface area contributed by atoms with Gasteiger partial charge in [0.2, 0.25) is 0 Å². The van der Waals surface area contributed by atoms with Gasteiger partial charge in [-0.2, -0.15) is 0 Å². The highest BCUT2D eigenvalue weighted by Crippen LogP contribution is 2.36. The standard InChI is InChI=1S/C18H21NO3S/c20-17-16-12-8-4-5-9-14(12)23-15(16)10-13(18(21)22)19(17)11-6-2-1-3-7-11/h10-11H,1-9H2,(H,21,22). The molecule has 0 aliphatic heterocycles. The molecule has 2 aliphatic rings. The summed E-state index contributed by atoms with van der Waals surface area (Å²) in [6.07, 6.45) is 9.46. The lowest BCUT2D eigenvalue weighted by Crippen LogP contribution is -2.31. The summed E-state index contributed by atoms with van der Waals surface area (Å²) in [7, 11) is 0. The minimum Gasteiger partial charge on any atom is -0.477 e.